The van der Waals surface area contributed by atoms with Crippen molar-refractivity contribution in [2.24, 2.45) is 15.3 Å². The van der Waals surface area contributed by atoms with Crippen LogP contribution in [0.2, 0.25) is 0 Å². The number of hydrogen-bond donors (Lipinski definition) is 1. The van der Waals surface area contributed by atoms with Crippen LogP contribution in [0.15, 0.2) is 39.6 Å². The van der Waals surface area contributed by atoms with Gasteiger partial charge in [-0.15, -0.1) is 0 Å². The Morgan fingerprint density at radius 2 is 2.09 bits per heavy atom. The van der Waals surface area contributed by atoms with Crippen LogP contribution in [-0.4, -0.2) is 30.2 Å². The number of carbonyl (C=O) groups is 2. The summed E-state index contributed by atoms with van der Waals surface area (Å²) in [5, 5.41) is 12.0. The molecule has 0 spiro atoms. The molecule has 1 aromatic carbocycles. The molecule has 0 saturated carbocycles. The molecule has 2 rings (SSSR count). The Morgan fingerprint density at radius 1 is 1.36 bits per heavy atom. The summed E-state index contributed by atoms with van der Waals surface area (Å²) in [5.74, 6) is -0.461. The van der Waals surface area contributed by atoms with Gasteiger partial charge in [-0.3, -0.25) is 4.79 Å². The molecule has 1 heterocycles. The average molecular weight is 302 g/mol. The largest absolute Gasteiger partial charge is 0.464 e. The fourth-order valence-electron chi connectivity index (χ4n) is 1.87. The maximum Gasteiger partial charge on any atom is 0.332 e. The van der Waals surface area contributed by atoms with Crippen molar-refractivity contribution in [2.45, 2.75) is 32.7 Å². The first kappa shape index (κ1) is 15.8. The van der Waals surface area contributed by atoms with Crippen molar-refractivity contribution in [1.29, 1.82) is 0 Å². The first-order chi connectivity index (χ1) is 10.6. The van der Waals surface area contributed by atoms with E-state index in [1.54, 1.807) is 26.0 Å². The molecule has 1 aliphatic heterocycles. The summed E-state index contributed by atoms with van der Waals surface area (Å²) in [6, 6.07) is 6.67. The van der Waals surface area contributed by atoms with Crippen LogP contribution in [0, 0.1) is 0 Å². The molecule has 1 aromatic rings. The molecular weight excluding hydrogens is 284 g/mol. The summed E-state index contributed by atoms with van der Waals surface area (Å²) in [5.41, 5.74) is 4.87. The van der Waals surface area contributed by atoms with Crippen LogP contribution >= 0.6 is 0 Å². The number of ether oxygens (including phenoxy) is 1. The number of hydrazone groups is 1. The molecule has 1 N–H and O–H groups in total. The van der Waals surface area contributed by atoms with Gasteiger partial charge in [-0.05, 0) is 31.5 Å². The monoisotopic (exact) mass is 302 g/mol. The molecule has 7 nitrogen and oxygen atoms in total. The molecule has 0 fully saturated rings. The zero-order valence-electron chi connectivity index (χ0n) is 12.6. The SMILES string of the molecule is CCOC(=O)C(C)N=Nc1ccc(C2=NNC(=O)CC2)cc1. The minimum absolute atomic E-state index is 0.0675. The van der Waals surface area contributed by atoms with Crippen molar-refractivity contribution >= 4 is 23.3 Å². The van der Waals surface area contributed by atoms with E-state index in [1.807, 2.05) is 12.1 Å². The molecule has 116 valence electrons. The molecule has 0 bridgehead atoms. The van der Waals surface area contributed by atoms with Crippen LogP contribution in [0.25, 0.3) is 0 Å². The molecular formula is C15H18N4O3. The Labute approximate surface area is 128 Å². The van der Waals surface area contributed by atoms with Crippen molar-refractivity contribution < 1.29 is 14.3 Å². The third-order valence-electron chi connectivity index (χ3n) is 3.08. The van der Waals surface area contributed by atoms with E-state index < -0.39 is 12.0 Å². The van der Waals surface area contributed by atoms with Crippen molar-refractivity contribution in [2.75, 3.05) is 6.61 Å². The van der Waals surface area contributed by atoms with Gasteiger partial charge < -0.3 is 4.74 Å². The van der Waals surface area contributed by atoms with E-state index in [9.17, 15) is 9.59 Å². The number of rotatable bonds is 5. The molecule has 1 unspecified atom stereocenters. The van der Waals surface area contributed by atoms with Crippen LogP contribution in [0.5, 0.6) is 0 Å². The van der Waals surface area contributed by atoms with E-state index in [1.165, 1.54) is 0 Å². The maximum absolute atomic E-state index is 11.4. The van der Waals surface area contributed by atoms with Crippen molar-refractivity contribution in [3.63, 3.8) is 0 Å². The molecule has 0 radical (unpaired) electrons. The van der Waals surface area contributed by atoms with E-state index in [4.69, 9.17) is 4.74 Å². The summed E-state index contributed by atoms with van der Waals surface area (Å²) in [4.78, 5) is 22.5. The number of hydrogen-bond acceptors (Lipinski definition) is 6. The highest BCUT2D eigenvalue weighted by Crippen LogP contribution is 2.17. The smallest absolute Gasteiger partial charge is 0.332 e. The summed E-state index contributed by atoms with van der Waals surface area (Å²) < 4.78 is 4.86. The van der Waals surface area contributed by atoms with Crippen LogP contribution in [0.1, 0.15) is 32.3 Å². The third kappa shape index (κ3) is 4.21. The lowest BCUT2D eigenvalue weighted by molar-refractivity contribution is -0.144. The predicted molar refractivity (Wildman–Crippen MR) is 81.0 cm³/mol. The van der Waals surface area contributed by atoms with Gasteiger partial charge in [-0.1, -0.05) is 12.1 Å². The van der Waals surface area contributed by atoms with Crippen LogP contribution in [-0.2, 0) is 14.3 Å². The standard InChI is InChI=1S/C15H18N4O3/c1-3-22-15(21)10(2)16-17-12-6-4-11(5-7-12)13-8-9-14(20)19-18-13/h4-7,10H,3,8-9H2,1-2H3,(H,19,20). The first-order valence-corrected chi connectivity index (χ1v) is 7.13. The van der Waals surface area contributed by atoms with Gasteiger partial charge in [-0.25, -0.2) is 10.2 Å². The number of nitrogens with zero attached hydrogens (tertiary/aromatic N) is 3. The lowest BCUT2D eigenvalue weighted by Crippen LogP contribution is -2.25. The normalized spacial score (nSPS) is 16.1. The number of carbonyl (C=O) groups excluding carboxylic acids is 2. The summed E-state index contributed by atoms with van der Waals surface area (Å²) in [6.07, 6.45) is 1.06. The fraction of sp³-hybridized carbons (Fsp3) is 0.400. The molecule has 7 heteroatoms. The lowest BCUT2D eigenvalue weighted by atomic mass is 10.0. The van der Waals surface area contributed by atoms with Crippen LogP contribution < -0.4 is 5.43 Å². The second-order valence-electron chi connectivity index (χ2n) is 4.78. The quantitative estimate of drug-likeness (QED) is 0.668. The summed E-state index contributed by atoms with van der Waals surface area (Å²) in [7, 11) is 0. The molecule has 1 atom stereocenters. The minimum Gasteiger partial charge on any atom is -0.464 e. The Hall–Kier alpha value is -2.57. The van der Waals surface area contributed by atoms with E-state index in [2.05, 4.69) is 20.8 Å². The van der Waals surface area contributed by atoms with Gasteiger partial charge in [0.2, 0.25) is 5.91 Å². The highest BCUT2D eigenvalue weighted by molar-refractivity contribution is 6.04. The number of nitrogens with one attached hydrogen (secondary N) is 1. The van der Waals surface area contributed by atoms with Gasteiger partial charge in [0.15, 0.2) is 6.04 Å². The van der Waals surface area contributed by atoms with E-state index >= 15 is 0 Å². The van der Waals surface area contributed by atoms with E-state index in [-0.39, 0.29) is 5.91 Å². The molecule has 0 saturated heterocycles. The molecule has 1 aliphatic rings. The van der Waals surface area contributed by atoms with Crippen molar-refractivity contribution in [1.82, 2.24) is 5.43 Å². The Balaban J connectivity index is 2.00. The zero-order chi connectivity index (χ0) is 15.9. The second-order valence-corrected chi connectivity index (χ2v) is 4.78. The Bertz CT molecular complexity index is 608. The number of esters is 1. The Morgan fingerprint density at radius 3 is 2.68 bits per heavy atom. The predicted octanol–water partition coefficient (Wildman–Crippen LogP) is 2.34. The number of amides is 1. The summed E-state index contributed by atoms with van der Waals surface area (Å²) >= 11 is 0. The van der Waals surface area contributed by atoms with E-state index in [0.29, 0.717) is 25.1 Å². The lowest BCUT2D eigenvalue weighted by Gasteiger charge is -2.11. The number of azo groups is 1. The van der Waals surface area contributed by atoms with Gasteiger partial charge in [0.25, 0.3) is 0 Å². The fourth-order valence-corrected chi connectivity index (χ4v) is 1.87. The highest BCUT2D eigenvalue weighted by Gasteiger charge is 2.14. The van der Waals surface area contributed by atoms with Gasteiger partial charge >= 0.3 is 5.97 Å². The second kappa shape index (κ2) is 7.44. The van der Waals surface area contributed by atoms with Crippen LogP contribution in [0.3, 0.4) is 0 Å². The molecule has 1 amide bonds. The maximum atomic E-state index is 11.4. The molecule has 0 aliphatic carbocycles. The Kier molecular flexibility index (Phi) is 5.35. The molecule has 0 aromatic heterocycles. The highest BCUT2D eigenvalue weighted by atomic mass is 16.5. The van der Waals surface area contributed by atoms with Gasteiger partial charge in [-0.2, -0.15) is 15.3 Å². The van der Waals surface area contributed by atoms with Crippen LogP contribution in [0.4, 0.5) is 5.69 Å². The van der Waals surface area contributed by atoms with Crippen molar-refractivity contribution in [3.8, 4) is 0 Å². The van der Waals surface area contributed by atoms with Gasteiger partial charge in [0.1, 0.15) is 0 Å². The third-order valence-corrected chi connectivity index (χ3v) is 3.08. The van der Waals surface area contributed by atoms with Gasteiger partial charge in [0.05, 0.1) is 18.0 Å². The average Bonchev–Trinajstić information content (AvgIpc) is 2.54. The topological polar surface area (TPSA) is 92.5 Å². The summed E-state index contributed by atoms with van der Waals surface area (Å²) in [6.45, 7) is 3.71. The van der Waals surface area contributed by atoms with E-state index in [0.717, 1.165) is 11.3 Å². The number of benzene rings is 1. The van der Waals surface area contributed by atoms with Crippen molar-refractivity contribution in [3.05, 3.63) is 29.8 Å². The van der Waals surface area contributed by atoms with Gasteiger partial charge in [0, 0.05) is 12.8 Å². The first-order valence-electron chi connectivity index (χ1n) is 7.13. The minimum atomic E-state index is -0.627. The molecule has 22 heavy (non-hydrogen) atoms. The zero-order valence-corrected chi connectivity index (χ0v) is 12.6.